The average molecular weight is 446 g/mol. The first-order chi connectivity index (χ1) is 12.1. The zero-order chi connectivity index (χ0) is 17.6. The van der Waals surface area contributed by atoms with E-state index in [1.54, 1.807) is 18.2 Å². The van der Waals surface area contributed by atoms with Crippen molar-refractivity contribution < 1.29 is 14.3 Å². The van der Waals surface area contributed by atoms with Crippen molar-refractivity contribution >= 4 is 45.2 Å². The highest BCUT2D eigenvalue weighted by Crippen LogP contribution is 2.20. The van der Waals surface area contributed by atoms with Crippen LogP contribution in [0.15, 0.2) is 66.7 Å². The summed E-state index contributed by atoms with van der Waals surface area (Å²) in [5.41, 5.74) is 5.17. The van der Waals surface area contributed by atoms with Crippen molar-refractivity contribution in [3.05, 3.63) is 75.9 Å². The van der Waals surface area contributed by atoms with E-state index in [0.717, 1.165) is 14.3 Å². The molecule has 2 N–H and O–H groups in total. The summed E-state index contributed by atoms with van der Waals surface area (Å²) in [5, 5.41) is 2.14. The Labute approximate surface area is 158 Å². The predicted octanol–water partition coefficient (Wildman–Crippen LogP) is 3.28. The van der Waals surface area contributed by atoms with Crippen LogP contribution < -0.4 is 15.6 Å². The molecule has 0 aliphatic rings. The molecule has 3 rings (SSSR count). The van der Waals surface area contributed by atoms with Gasteiger partial charge in [0.05, 0.1) is 0 Å². The molecule has 0 saturated heterocycles. The molecule has 0 spiro atoms. The summed E-state index contributed by atoms with van der Waals surface area (Å²) in [6, 6.07) is 20.5. The topological polar surface area (TPSA) is 67.4 Å². The van der Waals surface area contributed by atoms with E-state index < -0.39 is 5.91 Å². The van der Waals surface area contributed by atoms with Crippen LogP contribution in [0.5, 0.6) is 5.75 Å². The number of amides is 2. The lowest BCUT2D eigenvalue weighted by Gasteiger charge is -2.09. The van der Waals surface area contributed by atoms with Crippen molar-refractivity contribution in [3.63, 3.8) is 0 Å². The Morgan fingerprint density at radius 2 is 1.60 bits per heavy atom. The lowest BCUT2D eigenvalue weighted by Crippen LogP contribution is -2.43. The van der Waals surface area contributed by atoms with Crippen LogP contribution in [0.2, 0.25) is 0 Å². The van der Waals surface area contributed by atoms with Gasteiger partial charge in [0.25, 0.3) is 11.8 Å². The van der Waals surface area contributed by atoms with Gasteiger partial charge in [-0.2, -0.15) is 0 Å². The van der Waals surface area contributed by atoms with Gasteiger partial charge in [-0.05, 0) is 69.8 Å². The third-order valence-electron chi connectivity index (χ3n) is 3.51. The maximum Gasteiger partial charge on any atom is 0.276 e. The molecule has 0 unspecified atom stereocenters. The van der Waals surface area contributed by atoms with E-state index in [0.29, 0.717) is 11.3 Å². The number of benzene rings is 3. The second-order valence-corrected chi connectivity index (χ2v) is 6.55. The molecule has 0 saturated carbocycles. The number of hydrogen-bond donors (Lipinski definition) is 2. The minimum absolute atomic E-state index is 0.189. The Balaban J connectivity index is 1.50. The van der Waals surface area contributed by atoms with Crippen LogP contribution in [-0.4, -0.2) is 18.4 Å². The average Bonchev–Trinajstić information content (AvgIpc) is 2.65. The van der Waals surface area contributed by atoms with Gasteiger partial charge in [0.15, 0.2) is 6.61 Å². The first kappa shape index (κ1) is 17.2. The molecule has 2 amide bonds. The number of nitrogens with one attached hydrogen (secondary N) is 2. The van der Waals surface area contributed by atoms with Crippen LogP contribution in [0, 0.1) is 3.57 Å². The zero-order valence-corrected chi connectivity index (χ0v) is 15.3. The number of hydrogen-bond acceptors (Lipinski definition) is 3. The minimum atomic E-state index is -0.438. The monoisotopic (exact) mass is 446 g/mol. The summed E-state index contributed by atoms with van der Waals surface area (Å²) in [6.45, 7) is -0.189. The lowest BCUT2D eigenvalue weighted by molar-refractivity contribution is -0.123. The Hall–Kier alpha value is -2.61. The highest BCUT2D eigenvalue weighted by Gasteiger charge is 2.08. The van der Waals surface area contributed by atoms with Gasteiger partial charge in [-0.3, -0.25) is 20.4 Å². The van der Waals surface area contributed by atoms with E-state index in [1.165, 1.54) is 0 Å². The number of carbonyl (C=O) groups is 2. The normalized spacial score (nSPS) is 10.3. The van der Waals surface area contributed by atoms with Gasteiger partial charge >= 0.3 is 0 Å². The van der Waals surface area contributed by atoms with Crippen LogP contribution in [0.3, 0.4) is 0 Å². The third kappa shape index (κ3) is 4.69. The summed E-state index contributed by atoms with van der Waals surface area (Å²) in [5.74, 6) is -0.222. The highest BCUT2D eigenvalue weighted by molar-refractivity contribution is 14.1. The quantitative estimate of drug-likeness (QED) is 0.478. The summed E-state index contributed by atoms with van der Waals surface area (Å²) >= 11 is 2.16. The molecule has 126 valence electrons. The number of carbonyl (C=O) groups excluding carboxylic acids is 2. The van der Waals surface area contributed by atoms with Crippen LogP contribution in [0.1, 0.15) is 10.4 Å². The van der Waals surface area contributed by atoms with Gasteiger partial charge in [-0.15, -0.1) is 0 Å². The number of fused-ring (bicyclic) bond motifs is 1. The highest BCUT2D eigenvalue weighted by atomic mass is 127. The number of hydrazine groups is 1. The summed E-state index contributed by atoms with van der Waals surface area (Å²) in [6.07, 6.45) is 0. The summed E-state index contributed by atoms with van der Waals surface area (Å²) in [4.78, 5) is 23.7. The molecule has 6 heteroatoms. The van der Waals surface area contributed by atoms with Gasteiger partial charge in [0.2, 0.25) is 0 Å². The second kappa shape index (κ2) is 7.98. The van der Waals surface area contributed by atoms with Crippen LogP contribution >= 0.6 is 22.6 Å². The standard InChI is InChI=1S/C19H15IN2O3/c20-16-8-5-14(6-9-16)19(24)22-21-18(23)12-25-17-10-7-13-3-1-2-4-15(13)11-17/h1-11H,12H2,(H,21,23)(H,22,24). The molecule has 0 bridgehead atoms. The van der Waals surface area contributed by atoms with Crippen molar-refractivity contribution in [2.75, 3.05) is 6.61 Å². The summed E-state index contributed by atoms with van der Waals surface area (Å²) < 4.78 is 6.49. The van der Waals surface area contributed by atoms with E-state index in [2.05, 4.69) is 33.4 Å². The first-order valence-electron chi connectivity index (χ1n) is 7.58. The number of ether oxygens (including phenoxy) is 1. The Morgan fingerprint density at radius 3 is 2.36 bits per heavy atom. The predicted molar refractivity (Wildman–Crippen MR) is 104 cm³/mol. The largest absolute Gasteiger partial charge is 0.484 e. The van der Waals surface area contributed by atoms with Gasteiger partial charge in [0.1, 0.15) is 5.75 Å². The third-order valence-corrected chi connectivity index (χ3v) is 4.23. The molecular formula is C19H15IN2O3. The van der Waals surface area contributed by atoms with Crippen molar-refractivity contribution in [1.29, 1.82) is 0 Å². The molecule has 5 nitrogen and oxygen atoms in total. The fourth-order valence-corrected chi connectivity index (χ4v) is 2.60. The molecule has 0 heterocycles. The molecule has 3 aromatic carbocycles. The fraction of sp³-hybridized carbons (Fsp3) is 0.0526. The molecule has 0 radical (unpaired) electrons. The molecule has 0 fully saturated rings. The van der Waals surface area contributed by atoms with Crippen LogP contribution in [-0.2, 0) is 4.79 Å². The molecule has 0 aliphatic carbocycles. The Kier molecular flexibility index (Phi) is 5.49. The Morgan fingerprint density at radius 1 is 0.880 bits per heavy atom. The smallest absolute Gasteiger partial charge is 0.276 e. The van der Waals surface area contributed by atoms with Gasteiger partial charge in [0, 0.05) is 9.13 Å². The second-order valence-electron chi connectivity index (χ2n) is 5.31. The lowest BCUT2D eigenvalue weighted by atomic mass is 10.1. The van der Waals surface area contributed by atoms with E-state index in [-0.39, 0.29) is 12.5 Å². The zero-order valence-electron chi connectivity index (χ0n) is 13.2. The van der Waals surface area contributed by atoms with Crippen molar-refractivity contribution in [3.8, 4) is 5.75 Å². The SMILES string of the molecule is O=C(COc1ccc2ccccc2c1)NNC(=O)c1ccc(I)cc1. The van der Waals surface area contributed by atoms with E-state index >= 15 is 0 Å². The van der Waals surface area contributed by atoms with Gasteiger partial charge < -0.3 is 4.74 Å². The first-order valence-corrected chi connectivity index (χ1v) is 8.66. The van der Waals surface area contributed by atoms with Gasteiger partial charge in [-0.1, -0.05) is 30.3 Å². The Bertz CT molecular complexity index is 910. The van der Waals surface area contributed by atoms with Crippen molar-refractivity contribution in [2.24, 2.45) is 0 Å². The fourth-order valence-electron chi connectivity index (χ4n) is 2.24. The molecule has 0 aromatic heterocycles. The molecule has 25 heavy (non-hydrogen) atoms. The number of halogens is 1. The van der Waals surface area contributed by atoms with Crippen LogP contribution in [0.25, 0.3) is 10.8 Å². The van der Waals surface area contributed by atoms with E-state index in [4.69, 9.17) is 4.74 Å². The maximum absolute atomic E-state index is 11.9. The minimum Gasteiger partial charge on any atom is -0.484 e. The number of rotatable bonds is 4. The van der Waals surface area contributed by atoms with Crippen LogP contribution in [0.4, 0.5) is 0 Å². The van der Waals surface area contributed by atoms with E-state index in [9.17, 15) is 9.59 Å². The molecule has 0 aliphatic heterocycles. The van der Waals surface area contributed by atoms with Gasteiger partial charge in [-0.25, -0.2) is 0 Å². The molecule has 3 aromatic rings. The molecule has 0 atom stereocenters. The maximum atomic E-state index is 11.9. The van der Waals surface area contributed by atoms with E-state index in [1.807, 2.05) is 48.5 Å². The summed E-state index contributed by atoms with van der Waals surface area (Å²) in [7, 11) is 0. The molecular weight excluding hydrogens is 431 g/mol. The van der Waals surface area contributed by atoms with Crippen molar-refractivity contribution in [1.82, 2.24) is 10.9 Å². The van der Waals surface area contributed by atoms with Crippen molar-refractivity contribution in [2.45, 2.75) is 0 Å².